The van der Waals surface area contributed by atoms with Crippen molar-refractivity contribution in [2.45, 2.75) is 19.2 Å². The lowest BCUT2D eigenvalue weighted by atomic mass is 10.1. The van der Waals surface area contributed by atoms with E-state index in [2.05, 4.69) is 0 Å². The number of hydrogen-bond donors (Lipinski definition) is 0. The molecule has 0 aliphatic heterocycles. The minimum Gasteiger partial charge on any atom is -0.490 e. The summed E-state index contributed by atoms with van der Waals surface area (Å²) in [6.07, 6.45) is 0. The van der Waals surface area contributed by atoms with Gasteiger partial charge in [0.15, 0.2) is 11.5 Å². The lowest BCUT2D eigenvalue weighted by molar-refractivity contribution is 0.287. The molecular weight excluding hydrogens is 351 g/mol. The van der Waals surface area contributed by atoms with Crippen LogP contribution in [0.15, 0.2) is 24.3 Å². The van der Waals surface area contributed by atoms with E-state index in [1.165, 1.54) is 11.3 Å². The van der Waals surface area contributed by atoms with Crippen molar-refractivity contribution in [3.8, 4) is 11.5 Å². The summed E-state index contributed by atoms with van der Waals surface area (Å²) in [6, 6.07) is 7.30. The zero-order valence-electron chi connectivity index (χ0n) is 11.7. The van der Waals surface area contributed by atoms with Gasteiger partial charge in [0, 0.05) is 16.0 Å². The zero-order chi connectivity index (χ0) is 15.4. The lowest BCUT2D eigenvalue weighted by Crippen LogP contribution is -2.01. The van der Waals surface area contributed by atoms with Gasteiger partial charge in [-0.2, -0.15) is 0 Å². The molecule has 1 heterocycles. The van der Waals surface area contributed by atoms with Crippen LogP contribution < -0.4 is 9.47 Å². The molecule has 21 heavy (non-hydrogen) atoms. The Kier molecular flexibility index (Phi) is 6.06. The SMILES string of the molecule is CCOc1cc(Cl)c(C(Cl)c2ccc(Cl)s2)cc1OCC. The predicted octanol–water partition coefficient (Wildman–Crippen LogP) is 6.18. The highest BCUT2D eigenvalue weighted by Gasteiger charge is 2.20. The Bertz CT molecular complexity index is 613. The van der Waals surface area contributed by atoms with Gasteiger partial charge in [-0.1, -0.05) is 23.2 Å². The molecule has 2 nitrogen and oxygen atoms in total. The third kappa shape index (κ3) is 3.98. The zero-order valence-corrected chi connectivity index (χ0v) is 14.7. The van der Waals surface area contributed by atoms with E-state index in [1.54, 1.807) is 6.07 Å². The standard InChI is InChI=1S/C15H15Cl3O2S/c1-3-19-11-7-9(10(16)8-12(11)20-4-2)15(18)13-5-6-14(17)21-13/h5-8,15H,3-4H2,1-2H3. The summed E-state index contributed by atoms with van der Waals surface area (Å²) in [7, 11) is 0. The second-order valence-corrected chi connectivity index (χ2v) is 6.78. The molecular formula is C15H15Cl3O2S. The molecule has 1 aromatic heterocycles. The maximum Gasteiger partial charge on any atom is 0.162 e. The summed E-state index contributed by atoms with van der Waals surface area (Å²) in [4.78, 5) is 0.940. The van der Waals surface area contributed by atoms with Gasteiger partial charge in [0.05, 0.1) is 22.9 Å². The lowest BCUT2D eigenvalue weighted by Gasteiger charge is -2.16. The van der Waals surface area contributed by atoms with Crippen molar-refractivity contribution >= 4 is 46.1 Å². The van der Waals surface area contributed by atoms with Crippen molar-refractivity contribution < 1.29 is 9.47 Å². The monoisotopic (exact) mass is 364 g/mol. The molecule has 0 radical (unpaired) electrons. The van der Waals surface area contributed by atoms with Crippen LogP contribution in [0.25, 0.3) is 0 Å². The van der Waals surface area contributed by atoms with Crippen molar-refractivity contribution in [1.29, 1.82) is 0 Å². The Hall–Kier alpha value is -0.610. The van der Waals surface area contributed by atoms with Gasteiger partial charge in [-0.15, -0.1) is 22.9 Å². The number of thiophene rings is 1. The fraction of sp³-hybridized carbons (Fsp3) is 0.333. The maximum atomic E-state index is 6.52. The van der Waals surface area contributed by atoms with E-state index in [-0.39, 0.29) is 5.38 Å². The van der Waals surface area contributed by atoms with E-state index in [1.807, 2.05) is 32.0 Å². The van der Waals surface area contributed by atoms with Gasteiger partial charge in [0.25, 0.3) is 0 Å². The van der Waals surface area contributed by atoms with Gasteiger partial charge in [0.2, 0.25) is 0 Å². The normalized spacial score (nSPS) is 12.2. The van der Waals surface area contributed by atoms with Crippen molar-refractivity contribution in [2.24, 2.45) is 0 Å². The van der Waals surface area contributed by atoms with Gasteiger partial charge in [-0.05, 0) is 37.6 Å². The Morgan fingerprint density at radius 3 is 2.19 bits per heavy atom. The Morgan fingerprint density at radius 1 is 1.05 bits per heavy atom. The fourth-order valence-electron chi connectivity index (χ4n) is 1.90. The molecule has 2 rings (SSSR count). The number of halogens is 3. The Labute approximate surface area is 143 Å². The molecule has 0 saturated carbocycles. The summed E-state index contributed by atoms with van der Waals surface area (Å²) in [5.41, 5.74) is 0.781. The number of ether oxygens (including phenoxy) is 2. The average Bonchev–Trinajstić information content (AvgIpc) is 2.88. The van der Waals surface area contributed by atoms with E-state index >= 15 is 0 Å². The highest BCUT2D eigenvalue weighted by molar-refractivity contribution is 7.16. The van der Waals surface area contributed by atoms with Gasteiger partial charge in [0.1, 0.15) is 0 Å². The highest BCUT2D eigenvalue weighted by Crippen LogP contribution is 2.42. The molecule has 2 aromatic rings. The molecule has 0 aliphatic carbocycles. The first-order valence-corrected chi connectivity index (χ1v) is 8.56. The first kappa shape index (κ1) is 16.8. The smallest absolute Gasteiger partial charge is 0.162 e. The summed E-state index contributed by atoms with van der Waals surface area (Å²) in [6.45, 7) is 4.91. The number of hydrogen-bond acceptors (Lipinski definition) is 3. The first-order chi connectivity index (χ1) is 10.1. The first-order valence-electron chi connectivity index (χ1n) is 6.55. The van der Waals surface area contributed by atoms with Crippen LogP contribution in [-0.2, 0) is 0 Å². The molecule has 114 valence electrons. The number of rotatable bonds is 6. The van der Waals surface area contributed by atoms with E-state index < -0.39 is 0 Å². The molecule has 1 atom stereocenters. The van der Waals surface area contributed by atoms with Gasteiger partial charge < -0.3 is 9.47 Å². The largest absolute Gasteiger partial charge is 0.490 e. The predicted molar refractivity (Wildman–Crippen MR) is 90.8 cm³/mol. The van der Waals surface area contributed by atoms with E-state index in [9.17, 15) is 0 Å². The summed E-state index contributed by atoms with van der Waals surface area (Å²) >= 11 is 20.3. The van der Waals surface area contributed by atoms with Crippen LogP contribution in [0.4, 0.5) is 0 Å². The summed E-state index contributed by atoms with van der Waals surface area (Å²) < 4.78 is 11.9. The van der Waals surface area contributed by atoms with Crippen LogP contribution in [0.3, 0.4) is 0 Å². The van der Waals surface area contributed by atoms with Crippen LogP contribution in [-0.4, -0.2) is 13.2 Å². The van der Waals surface area contributed by atoms with E-state index in [0.717, 1.165) is 10.4 Å². The van der Waals surface area contributed by atoms with Crippen LogP contribution in [0, 0.1) is 0 Å². The molecule has 6 heteroatoms. The van der Waals surface area contributed by atoms with Gasteiger partial charge >= 0.3 is 0 Å². The topological polar surface area (TPSA) is 18.5 Å². The maximum absolute atomic E-state index is 6.52. The quantitative estimate of drug-likeness (QED) is 0.569. The second kappa shape index (κ2) is 7.59. The molecule has 0 saturated heterocycles. The molecule has 0 fully saturated rings. The van der Waals surface area contributed by atoms with Gasteiger partial charge in [-0.25, -0.2) is 0 Å². The minimum absolute atomic E-state index is 0.370. The van der Waals surface area contributed by atoms with Crippen molar-refractivity contribution in [1.82, 2.24) is 0 Å². The van der Waals surface area contributed by atoms with Crippen molar-refractivity contribution in [3.63, 3.8) is 0 Å². The number of alkyl halides is 1. The summed E-state index contributed by atoms with van der Waals surface area (Å²) in [5, 5.41) is 0.177. The molecule has 0 aliphatic rings. The molecule has 1 unspecified atom stereocenters. The van der Waals surface area contributed by atoms with Crippen molar-refractivity contribution in [3.05, 3.63) is 44.1 Å². The molecule has 0 amide bonds. The molecule has 0 bridgehead atoms. The van der Waals surface area contributed by atoms with Crippen LogP contribution in [0.2, 0.25) is 9.36 Å². The van der Waals surface area contributed by atoms with E-state index in [4.69, 9.17) is 44.3 Å². The summed E-state index contributed by atoms with van der Waals surface area (Å²) in [5.74, 6) is 1.27. The highest BCUT2D eigenvalue weighted by atomic mass is 35.5. The van der Waals surface area contributed by atoms with Crippen LogP contribution >= 0.6 is 46.1 Å². The van der Waals surface area contributed by atoms with Crippen molar-refractivity contribution in [2.75, 3.05) is 13.2 Å². The molecule has 1 aromatic carbocycles. The Morgan fingerprint density at radius 2 is 1.67 bits per heavy atom. The molecule has 0 spiro atoms. The number of benzene rings is 1. The Balaban J connectivity index is 2.40. The third-order valence-corrected chi connectivity index (χ3v) is 5.00. The minimum atomic E-state index is -0.370. The average molecular weight is 366 g/mol. The van der Waals surface area contributed by atoms with Gasteiger partial charge in [-0.3, -0.25) is 0 Å². The van der Waals surface area contributed by atoms with Crippen LogP contribution in [0.5, 0.6) is 11.5 Å². The fourth-order valence-corrected chi connectivity index (χ4v) is 3.66. The second-order valence-electron chi connectivity index (χ2n) is 4.19. The van der Waals surface area contributed by atoms with Crippen LogP contribution in [0.1, 0.15) is 29.7 Å². The molecule has 0 N–H and O–H groups in total. The third-order valence-electron chi connectivity index (χ3n) is 2.78. The van der Waals surface area contributed by atoms with E-state index in [0.29, 0.717) is 34.1 Å².